The molecule has 5 aliphatic carbocycles. The van der Waals surface area contributed by atoms with Crippen LogP contribution in [0, 0.1) is 56.7 Å². The molecule has 7 nitrogen and oxygen atoms in total. The third-order valence-corrected chi connectivity index (χ3v) is 14.1. The van der Waals surface area contributed by atoms with Gasteiger partial charge in [-0.3, -0.25) is 4.79 Å². The number of nitrogens with zero attached hydrogens (tertiary/aromatic N) is 1. The van der Waals surface area contributed by atoms with Gasteiger partial charge in [-0.2, -0.15) is 0 Å². The van der Waals surface area contributed by atoms with Gasteiger partial charge >= 0.3 is 11.9 Å². The van der Waals surface area contributed by atoms with Crippen LogP contribution in [0.3, 0.4) is 0 Å². The number of hydrogen-bond donors (Lipinski definition) is 2. The molecule has 10 atom stereocenters. The molecule has 2 N–H and O–H groups in total. The number of hydrogen-bond acceptors (Lipinski definition) is 7. The van der Waals surface area contributed by atoms with Gasteiger partial charge in [-0.05, 0) is 121 Å². The Morgan fingerprint density at radius 2 is 1.63 bits per heavy atom. The Labute approximate surface area is 246 Å². The van der Waals surface area contributed by atoms with Gasteiger partial charge in [0.25, 0.3) is 0 Å². The Balaban J connectivity index is 1.52. The summed E-state index contributed by atoms with van der Waals surface area (Å²) in [7, 11) is 0. The van der Waals surface area contributed by atoms with Crippen molar-refractivity contribution in [3.8, 4) is 0 Å². The summed E-state index contributed by atoms with van der Waals surface area (Å²) in [4.78, 5) is 28.8. The van der Waals surface area contributed by atoms with Crippen molar-refractivity contribution in [1.29, 1.82) is 0 Å². The number of rotatable bonds is 6. The molecule has 0 aromatic carbocycles. The van der Waals surface area contributed by atoms with E-state index in [1.807, 2.05) is 0 Å². The van der Waals surface area contributed by atoms with Crippen molar-refractivity contribution >= 4 is 17.7 Å². The normalized spacial score (nSPS) is 47.9. The lowest BCUT2D eigenvalue weighted by Crippen LogP contribution is -2.67. The Bertz CT molecular complexity index is 1120. The molecule has 0 aliphatic heterocycles. The summed E-state index contributed by atoms with van der Waals surface area (Å²) in [6.07, 6.45) is 10.3. The van der Waals surface area contributed by atoms with E-state index in [1.54, 1.807) is 0 Å². The van der Waals surface area contributed by atoms with Crippen molar-refractivity contribution in [1.82, 2.24) is 0 Å². The summed E-state index contributed by atoms with van der Waals surface area (Å²) in [5.74, 6) is 1.17. The maximum Gasteiger partial charge on any atom is 0.331 e. The molecular formula is C34H53NO6. The third kappa shape index (κ3) is 4.38. The van der Waals surface area contributed by atoms with Crippen LogP contribution in [0.25, 0.3) is 0 Å². The van der Waals surface area contributed by atoms with Gasteiger partial charge in [0.05, 0.1) is 12.3 Å². The number of esters is 1. The molecule has 0 spiro atoms. The Hall–Kier alpha value is -1.73. The maximum absolute atomic E-state index is 12.0. The van der Waals surface area contributed by atoms with Crippen LogP contribution in [0.2, 0.25) is 0 Å². The molecule has 7 heteroatoms. The van der Waals surface area contributed by atoms with E-state index in [2.05, 4.69) is 39.4 Å². The first-order valence-electron chi connectivity index (χ1n) is 16.0. The van der Waals surface area contributed by atoms with Crippen LogP contribution < -0.4 is 0 Å². The van der Waals surface area contributed by atoms with E-state index in [4.69, 9.17) is 9.57 Å². The molecule has 0 amide bonds. The summed E-state index contributed by atoms with van der Waals surface area (Å²) in [5, 5.41) is 25.2. The summed E-state index contributed by atoms with van der Waals surface area (Å²) in [5.41, 5.74) is 1.52. The van der Waals surface area contributed by atoms with E-state index in [1.165, 1.54) is 13.8 Å². The second-order valence-corrected chi connectivity index (χ2v) is 15.5. The zero-order chi connectivity index (χ0) is 30.0. The molecule has 41 heavy (non-hydrogen) atoms. The van der Waals surface area contributed by atoms with Crippen LogP contribution >= 0.6 is 0 Å². The number of fused-ring (bicyclic) bond motifs is 7. The lowest BCUT2D eigenvalue weighted by molar-refractivity contribution is -0.233. The predicted octanol–water partition coefficient (Wildman–Crippen LogP) is 6.07. The fourth-order valence-corrected chi connectivity index (χ4v) is 11.9. The summed E-state index contributed by atoms with van der Waals surface area (Å²) in [6.45, 7) is 17.4. The Morgan fingerprint density at radius 3 is 2.27 bits per heavy atom. The van der Waals surface area contributed by atoms with E-state index < -0.39 is 11.4 Å². The first-order chi connectivity index (χ1) is 19.2. The van der Waals surface area contributed by atoms with E-state index in [0.717, 1.165) is 75.5 Å². The van der Waals surface area contributed by atoms with Crippen molar-refractivity contribution in [3.05, 3.63) is 12.2 Å². The number of ether oxygens (including phenoxy) is 1. The third-order valence-electron chi connectivity index (χ3n) is 14.1. The van der Waals surface area contributed by atoms with Crippen molar-refractivity contribution in [2.75, 3.05) is 19.8 Å². The van der Waals surface area contributed by atoms with E-state index in [0.29, 0.717) is 17.8 Å². The fraction of sp³-hybridized carbons (Fsp3) is 0.853. The van der Waals surface area contributed by atoms with Gasteiger partial charge in [-0.15, -0.1) is 0 Å². The van der Waals surface area contributed by atoms with Gasteiger partial charge < -0.3 is 19.8 Å². The predicted molar refractivity (Wildman–Crippen MR) is 158 cm³/mol. The lowest BCUT2D eigenvalue weighted by atomic mass is 9.32. The largest absolute Gasteiger partial charge is 0.465 e. The molecule has 230 valence electrons. The average Bonchev–Trinajstić information content (AvgIpc) is 3.31. The number of oxime groups is 1. The minimum absolute atomic E-state index is 0.0282. The summed E-state index contributed by atoms with van der Waals surface area (Å²) < 4.78 is 5.69. The number of aliphatic hydroxyl groups excluding tert-OH is 2. The zero-order valence-corrected chi connectivity index (χ0v) is 26.3. The summed E-state index contributed by atoms with van der Waals surface area (Å²) >= 11 is 0. The molecule has 5 rings (SSSR count). The summed E-state index contributed by atoms with van der Waals surface area (Å²) in [6, 6.07) is 0. The van der Waals surface area contributed by atoms with Crippen LogP contribution in [-0.2, 0) is 19.2 Å². The Morgan fingerprint density at radius 1 is 0.902 bits per heavy atom. The zero-order valence-electron chi connectivity index (χ0n) is 26.3. The van der Waals surface area contributed by atoms with Crippen molar-refractivity contribution in [2.24, 2.45) is 61.8 Å². The van der Waals surface area contributed by atoms with Crippen LogP contribution in [0.15, 0.2) is 17.3 Å². The number of carbonyl (C=O) groups excluding carboxylic acids is 2. The standard InChI is InChI=1S/C34H53NO6/c1-21(18-36)24-10-15-34(19-37)17-16-32(6)25(29(24)34)8-9-27-30(4)13-12-28(35-41-23(3)39)31(5,20-40-22(2)38)26(30)11-14-33(27,32)7/h24-27,29,36-37H,1,8-20H2,2-7H3/t24-,25+,26+,27+,29+,30-,31+,32+,33+,34+/m0/s1. The first-order valence-corrected chi connectivity index (χ1v) is 16.0. The van der Waals surface area contributed by atoms with Gasteiger partial charge in [-0.1, -0.05) is 39.4 Å². The van der Waals surface area contributed by atoms with Crippen LogP contribution in [0.1, 0.15) is 106 Å². The fourth-order valence-electron chi connectivity index (χ4n) is 11.9. The second-order valence-electron chi connectivity index (χ2n) is 15.5. The van der Waals surface area contributed by atoms with Gasteiger partial charge in [0.15, 0.2) is 0 Å². The molecule has 0 heterocycles. The van der Waals surface area contributed by atoms with Crippen molar-refractivity contribution in [2.45, 2.75) is 106 Å². The highest BCUT2D eigenvalue weighted by molar-refractivity contribution is 5.91. The maximum atomic E-state index is 12.0. The molecule has 0 bridgehead atoms. The van der Waals surface area contributed by atoms with Crippen LogP contribution in [-0.4, -0.2) is 47.7 Å². The number of carbonyl (C=O) groups is 2. The first kappa shape index (κ1) is 30.7. The van der Waals surface area contributed by atoms with Gasteiger partial charge in [0.1, 0.15) is 6.61 Å². The topological polar surface area (TPSA) is 105 Å². The molecule has 5 aliphatic rings. The van der Waals surface area contributed by atoms with Gasteiger partial charge in [0.2, 0.25) is 0 Å². The van der Waals surface area contributed by atoms with E-state index >= 15 is 0 Å². The molecule has 5 saturated carbocycles. The molecule has 0 aromatic heterocycles. The van der Waals surface area contributed by atoms with Gasteiger partial charge in [-0.25, -0.2) is 4.79 Å². The quantitative estimate of drug-likeness (QED) is 0.173. The minimum Gasteiger partial charge on any atom is -0.465 e. The molecular weight excluding hydrogens is 518 g/mol. The molecule has 0 aromatic rings. The van der Waals surface area contributed by atoms with Crippen LogP contribution in [0.5, 0.6) is 0 Å². The van der Waals surface area contributed by atoms with Gasteiger partial charge in [0, 0.05) is 25.9 Å². The smallest absolute Gasteiger partial charge is 0.331 e. The molecule has 5 fully saturated rings. The SMILES string of the molecule is C=C(CO)[C@@H]1CC[C@]2(CO)CC[C@]3(C)[C@H](CC[C@@H]4[C@@]5(C)CCC(=NOC(C)=O)[C@](C)(COC(C)=O)[C@@H]5CC[C@]43C)[C@@H]12. The Kier molecular flexibility index (Phi) is 7.84. The van der Waals surface area contributed by atoms with E-state index in [-0.39, 0.29) is 59.3 Å². The average molecular weight is 572 g/mol. The highest BCUT2D eigenvalue weighted by Crippen LogP contribution is 2.77. The number of aliphatic hydroxyl groups is 2. The monoisotopic (exact) mass is 571 g/mol. The second kappa shape index (κ2) is 10.5. The molecule has 0 saturated heterocycles. The minimum atomic E-state index is -0.499. The van der Waals surface area contributed by atoms with Crippen LogP contribution in [0.4, 0.5) is 0 Å². The lowest BCUT2D eigenvalue weighted by Gasteiger charge is -2.72. The van der Waals surface area contributed by atoms with E-state index in [9.17, 15) is 19.8 Å². The highest BCUT2D eigenvalue weighted by Gasteiger charge is 2.71. The molecule has 0 radical (unpaired) electrons. The van der Waals surface area contributed by atoms with Crippen molar-refractivity contribution in [3.63, 3.8) is 0 Å². The molecule has 0 unspecified atom stereocenters. The van der Waals surface area contributed by atoms with Crippen molar-refractivity contribution < 1.29 is 29.4 Å². The highest BCUT2D eigenvalue weighted by atomic mass is 16.7.